The molecule has 0 radical (unpaired) electrons. The first-order chi connectivity index (χ1) is 15.8. The zero-order valence-electron chi connectivity index (χ0n) is 18.3. The van der Waals surface area contributed by atoms with Crippen molar-refractivity contribution < 1.29 is 18.8 Å². The Morgan fingerprint density at radius 2 is 1.48 bits per heavy atom. The standard InChI is InChI=1S/C27H23FN2O3/c1-17(2)25(31)24(27(33)30-22-6-4-3-5-7-22)23(19-10-8-18(16-29)9-11-19)26(32)20-12-14-21(28)15-13-20/h3-15,17,23-24H,1-2H3,(H,30,33). The number of carbonyl (C=O) groups is 3. The molecule has 5 nitrogen and oxygen atoms in total. The van der Waals surface area contributed by atoms with Gasteiger partial charge in [-0.15, -0.1) is 0 Å². The van der Waals surface area contributed by atoms with Crippen LogP contribution in [0, 0.1) is 29.0 Å². The number of ketones is 2. The Hall–Kier alpha value is -4.11. The van der Waals surface area contributed by atoms with E-state index >= 15 is 0 Å². The average molecular weight is 442 g/mol. The largest absolute Gasteiger partial charge is 0.325 e. The van der Waals surface area contributed by atoms with Gasteiger partial charge in [0.1, 0.15) is 17.5 Å². The summed E-state index contributed by atoms with van der Waals surface area (Å²) >= 11 is 0. The summed E-state index contributed by atoms with van der Waals surface area (Å²) in [6.45, 7) is 3.34. The highest BCUT2D eigenvalue weighted by Gasteiger charge is 2.41. The molecular formula is C27H23FN2O3. The Morgan fingerprint density at radius 1 is 0.879 bits per heavy atom. The van der Waals surface area contributed by atoms with E-state index in [9.17, 15) is 18.8 Å². The molecule has 3 aromatic rings. The molecule has 1 N–H and O–H groups in total. The fourth-order valence-electron chi connectivity index (χ4n) is 3.60. The van der Waals surface area contributed by atoms with E-state index in [4.69, 9.17) is 5.26 Å². The van der Waals surface area contributed by atoms with Crippen LogP contribution < -0.4 is 5.32 Å². The van der Waals surface area contributed by atoms with Crippen LogP contribution in [0.3, 0.4) is 0 Å². The van der Waals surface area contributed by atoms with Gasteiger partial charge in [-0.05, 0) is 54.1 Å². The number of hydrogen-bond donors (Lipinski definition) is 1. The molecule has 3 aromatic carbocycles. The van der Waals surface area contributed by atoms with Gasteiger partial charge in [0.05, 0.1) is 17.6 Å². The summed E-state index contributed by atoms with van der Waals surface area (Å²) in [7, 11) is 0. The Bertz CT molecular complexity index is 1180. The second kappa shape index (κ2) is 10.5. The minimum Gasteiger partial charge on any atom is -0.325 e. The van der Waals surface area contributed by atoms with E-state index in [-0.39, 0.29) is 5.56 Å². The number of para-hydroxylation sites is 1. The van der Waals surface area contributed by atoms with E-state index in [2.05, 4.69) is 5.32 Å². The molecule has 0 fully saturated rings. The fourth-order valence-corrected chi connectivity index (χ4v) is 3.60. The van der Waals surface area contributed by atoms with Crippen LogP contribution in [-0.2, 0) is 9.59 Å². The van der Waals surface area contributed by atoms with E-state index in [1.165, 1.54) is 24.3 Å². The quantitative estimate of drug-likeness (QED) is 0.386. The van der Waals surface area contributed by atoms with Crippen molar-refractivity contribution in [2.45, 2.75) is 19.8 Å². The summed E-state index contributed by atoms with van der Waals surface area (Å²) in [4.78, 5) is 40.3. The van der Waals surface area contributed by atoms with Crippen molar-refractivity contribution in [1.82, 2.24) is 0 Å². The monoisotopic (exact) mass is 442 g/mol. The SMILES string of the molecule is CC(C)C(=O)C(C(=O)Nc1ccccc1)C(C(=O)c1ccc(F)cc1)c1ccc(C#N)cc1. The van der Waals surface area contributed by atoms with Crippen LogP contribution in [0.15, 0.2) is 78.9 Å². The molecule has 6 heteroatoms. The third-order valence-corrected chi connectivity index (χ3v) is 5.34. The molecule has 0 aliphatic heterocycles. The number of halogens is 1. The third-order valence-electron chi connectivity index (χ3n) is 5.34. The van der Waals surface area contributed by atoms with Gasteiger partial charge in [-0.1, -0.05) is 44.2 Å². The number of nitrogens with zero attached hydrogens (tertiary/aromatic N) is 1. The molecule has 0 saturated carbocycles. The molecule has 0 aliphatic rings. The van der Waals surface area contributed by atoms with Gasteiger partial charge in [0, 0.05) is 17.2 Å². The lowest BCUT2D eigenvalue weighted by molar-refractivity contribution is -0.133. The summed E-state index contributed by atoms with van der Waals surface area (Å²) < 4.78 is 13.5. The van der Waals surface area contributed by atoms with Crippen molar-refractivity contribution in [1.29, 1.82) is 5.26 Å². The van der Waals surface area contributed by atoms with Crippen LogP contribution in [0.5, 0.6) is 0 Å². The lowest BCUT2D eigenvalue weighted by atomic mass is 9.75. The molecule has 3 rings (SSSR count). The number of carbonyl (C=O) groups excluding carboxylic acids is 3. The van der Waals surface area contributed by atoms with Crippen molar-refractivity contribution in [3.63, 3.8) is 0 Å². The topological polar surface area (TPSA) is 87.0 Å². The van der Waals surface area contributed by atoms with Crippen molar-refractivity contribution in [2.75, 3.05) is 5.32 Å². The molecule has 0 spiro atoms. The van der Waals surface area contributed by atoms with Crippen LogP contribution in [0.1, 0.15) is 41.3 Å². The number of anilines is 1. The predicted molar refractivity (Wildman–Crippen MR) is 123 cm³/mol. The smallest absolute Gasteiger partial charge is 0.236 e. The summed E-state index contributed by atoms with van der Waals surface area (Å²) in [6.07, 6.45) is 0. The minimum absolute atomic E-state index is 0.180. The lowest BCUT2D eigenvalue weighted by Crippen LogP contribution is -2.40. The first-order valence-electron chi connectivity index (χ1n) is 10.5. The third kappa shape index (κ3) is 5.58. The molecule has 2 atom stereocenters. The van der Waals surface area contributed by atoms with Gasteiger partial charge in [-0.25, -0.2) is 4.39 Å². The second-order valence-corrected chi connectivity index (χ2v) is 7.97. The molecule has 0 aliphatic carbocycles. The highest BCUT2D eigenvalue weighted by atomic mass is 19.1. The number of hydrogen-bond acceptors (Lipinski definition) is 4. The van der Waals surface area contributed by atoms with Crippen LogP contribution in [0.4, 0.5) is 10.1 Å². The fraction of sp³-hybridized carbons (Fsp3) is 0.185. The normalized spacial score (nSPS) is 12.5. The van der Waals surface area contributed by atoms with Gasteiger partial charge in [0.2, 0.25) is 5.91 Å². The van der Waals surface area contributed by atoms with Gasteiger partial charge in [-0.2, -0.15) is 5.26 Å². The van der Waals surface area contributed by atoms with Crippen molar-refractivity contribution in [2.24, 2.45) is 11.8 Å². The lowest BCUT2D eigenvalue weighted by Gasteiger charge is -2.26. The van der Waals surface area contributed by atoms with Gasteiger partial charge in [0.15, 0.2) is 5.78 Å². The first-order valence-corrected chi connectivity index (χ1v) is 10.5. The highest BCUT2D eigenvalue weighted by molar-refractivity contribution is 6.14. The number of benzene rings is 3. The molecule has 1 amide bonds. The van der Waals surface area contributed by atoms with E-state index in [1.807, 2.05) is 6.07 Å². The predicted octanol–water partition coefficient (Wildman–Crippen LogP) is 5.14. The van der Waals surface area contributed by atoms with Crippen molar-refractivity contribution >= 4 is 23.2 Å². The first kappa shape index (κ1) is 23.6. The Morgan fingerprint density at radius 3 is 2.03 bits per heavy atom. The van der Waals surface area contributed by atoms with Crippen LogP contribution >= 0.6 is 0 Å². The second-order valence-electron chi connectivity index (χ2n) is 7.97. The summed E-state index contributed by atoms with van der Waals surface area (Å²) in [5.74, 6) is -4.98. The van der Waals surface area contributed by atoms with E-state index in [0.29, 0.717) is 16.8 Å². The maximum atomic E-state index is 13.6. The molecule has 166 valence electrons. The highest BCUT2D eigenvalue weighted by Crippen LogP contribution is 2.33. The van der Waals surface area contributed by atoms with E-state index < -0.39 is 41.0 Å². The Labute approximate surface area is 191 Å². The molecule has 0 aromatic heterocycles. The van der Waals surface area contributed by atoms with Gasteiger partial charge in [-0.3, -0.25) is 14.4 Å². The number of nitriles is 1. The van der Waals surface area contributed by atoms with Crippen molar-refractivity contribution in [3.05, 3.63) is 101 Å². The number of nitrogens with one attached hydrogen (secondary N) is 1. The van der Waals surface area contributed by atoms with E-state index in [0.717, 1.165) is 12.1 Å². The maximum absolute atomic E-state index is 13.6. The summed E-state index contributed by atoms with van der Waals surface area (Å²) in [5.41, 5.74) is 1.48. The zero-order chi connectivity index (χ0) is 24.0. The molecule has 0 heterocycles. The summed E-state index contributed by atoms with van der Waals surface area (Å²) in [5, 5.41) is 11.9. The van der Waals surface area contributed by atoms with Crippen LogP contribution in [0.25, 0.3) is 0 Å². The zero-order valence-corrected chi connectivity index (χ0v) is 18.3. The molecule has 33 heavy (non-hydrogen) atoms. The Balaban J connectivity index is 2.12. The average Bonchev–Trinajstić information content (AvgIpc) is 2.82. The van der Waals surface area contributed by atoms with Crippen LogP contribution in [0.2, 0.25) is 0 Å². The number of Topliss-reactive ketones (excluding diaryl/α,β-unsaturated/α-hetero) is 2. The molecule has 0 bridgehead atoms. The molecular weight excluding hydrogens is 419 g/mol. The van der Waals surface area contributed by atoms with E-state index in [1.54, 1.807) is 56.3 Å². The van der Waals surface area contributed by atoms with Gasteiger partial charge < -0.3 is 5.32 Å². The number of rotatable bonds is 8. The summed E-state index contributed by atoms with van der Waals surface area (Å²) in [6, 6.07) is 21.9. The Kier molecular flexibility index (Phi) is 7.47. The molecule has 2 unspecified atom stereocenters. The van der Waals surface area contributed by atoms with Crippen molar-refractivity contribution in [3.8, 4) is 6.07 Å². The van der Waals surface area contributed by atoms with Crippen LogP contribution in [-0.4, -0.2) is 17.5 Å². The van der Waals surface area contributed by atoms with Gasteiger partial charge in [0.25, 0.3) is 0 Å². The van der Waals surface area contributed by atoms with Gasteiger partial charge >= 0.3 is 0 Å². The molecule has 0 saturated heterocycles. The maximum Gasteiger partial charge on any atom is 0.236 e. The number of amides is 1. The minimum atomic E-state index is -1.32.